The van der Waals surface area contributed by atoms with Gasteiger partial charge in [0.25, 0.3) is 0 Å². The van der Waals surface area contributed by atoms with Gasteiger partial charge in [-0.25, -0.2) is 0 Å². The topological polar surface area (TPSA) is 340 Å². The third kappa shape index (κ3) is 19.4. The van der Waals surface area contributed by atoms with Gasteiger partial charge in [-0.15, -0.1) is 13.2 Å². The van der Waals surface area contributed by atoms with Crippen LogP contribution in [0.4, 0.5) is 13.2 Å². The monoisotopic (exact) mass is 977 g/mol. The molecule has 7 amide bonds. The van der Waals surface area contributed by atoms with Crippen molar-refractivity contribution in [1.29, 1.82) is 0 Å². The number of ether oxygens (including phenoxy) is 1. The molecular formula is C45H66F3N11O10. The number of alkyl halides is 3. The summed E-state index contributed by atoms with van der Waals surface area (Å²) in [5, 5.41) is 31.7. The number of aliphatic hydroxyl groups is 1. The Balaban J connectivity index is 2.10. The van der Waals surface area contributed by atoms with Crippen LogP contribution in [0.2, 0.25) is 0 Å². The van der Waals surface area contributed by atoms with E-state index in [1.165, 1.54) is 19.1 Å². The van der Waals surface area contributed by atoms with Crippen LogP contribution in [-0.4, -0.2) is 140 Å². The Morgan fingerprint density at radius 2 is 1.38 bits per heavy atom. The van der Waals surface area contributed by atoms with E-state index >= 15 is 0 Å². The standard InChI is InChI=1S/C45H66F3N11O10/c1-26(2)21-34-42(67)59-44(25-60,16-19-51)24-53-31(13-17-49)38(63)58-37(27(3)61)43(68)52-20-15-33(54-36(62)23-29-9-11-30(12-10-29)69-45(46,47)48)40(65)55-32(14-18-50)39(64)57-35(41(66)56-34)22-28-7-5-4-6-8-28/h4-12,25-27,31-35,37,53,61H,13-24,49-51H2,1-3H3,(H,52,68)(H,54,62)(H,55,65)(H,56,66)(H,57,64)(H,58,63)(H,59,67)/t27-,31+,32+,33+,34+,35-,37+,44+/m1/s1. The summed E-state index contributed by atoms with van der Waals surface area (Å²) in [5.41, 5.74) is 16.7. The van der Waals surface area contributed by atoms with Crippen molar-refractivity contribution < 1.29 is 61.4 Å². The van der Waals surface area contributed by atoms with E-state index in [2.05, 4.69) is 47.3 Å². The molecule has 3 rings (SSSR count). The number of nitrogens with one attached hydrogen (secondary N) is 8. The third-order valence-corrected chi connectivity index (χ3v) is 10.9. The van der Waals surface area contributed by atoms with Crippen LogP contribution in [-0.2, 0) is 51.2 Å². The van der Waals surface area contributed by atoms with Gasteiger partial charge in [-0.3, -0.25) is 33.6 Å². The summed E-state index contributed by atoms with van der Waals surface area (Å²) < 4.78 is 42.1. The van der Waals surface area contributed by atoms with Crippen LogP contribution in [0.3, 0.4) is 0 Å². The van der Waals surface area contributed by atoms with E-state index in [0.29, 0.717) is 11.8 Å². The molecular weight excluding hydrogens is 912 g/mol. The minimum atomic E-state index is -4.95. The van der Waals surface area contributed by atoms with Gasteiger partial charge in [-0.1, -0.05) is 56.3 Å². The van der Waals surface area contributed by atoms with E-state index in [1.807, 2.05) is 0 Å². The van der Waals surface area contributed by atoms with Crippen LogP contribution in [0.25, 0.3) is 0 Å². The van der Waals surface area contributed by atoms with Gasteiger partial charge in [0.05, 0.1) is 18.6 Å². The minimum Gasteiger partial charge on any atom is -0.406 e. The molecule has 0 bridgehead atoms. The van der Waals surface area contributed by atoms with Crippen LogP contribution in [0.5, 0.6) is 5.75 Å². The molecule has 0 spiro atoms. The second-order valence-corrected chi connectivity index (χ2v) is 17.2. The molecule has 2 aromatic carbocycles. The number of nitrogens with two attached hydrogens (primary N) is 3. The molecule has 0 aromatic heterocycles. The first-order valence-electron chi connectivity index (χ1n) is 22.6. The molecule has 1 saturated heterocycles. The van der Waals surface area contributed by atoms with Gasteiger partial charge in [0.1, 0.15) is 47.8 Å². The molecule has 1 heterocycles. The number of benzene rings is 2. The predicted octanol–water partition coefficient (Wildman–Crippen LogP) is -2.20. The fourth-order valence-corrected chi connectivity index (χ4v) is 7.34. The smallest absolute Gasteiger partial charge is 0.406 e. The lowest BCUT2D eigenvalue weighted by atomic mass is 9.94. The number of carbonyl (C=O) groups is 8. The van der Waals surface area contributed by atoms with Crippen molar-refractivity contribution >= 4 is 47.6 Å². The second kappa shape index (κ2) is 27.7. The van der Waals surface area contributed by atoms with Crippen molar-refractivity contribution in [3.8, 4) is 5.75 Å². The van der Waals surface area contributed by atoms with Crippen LogP contribution < -0.4 is 64.5 Å². The van der Waals surface area contributed by atoms with Crippen molar-refractivity contribution in [1.82, 2.24) is 42.5 Å². The molecule has 1 aliphatic rings. The molecule has 24 heteroatoms. The summed E-state index contributed by atoms with van der Waals surface area (Å²) in [6, 6.07) is 4.64. The van der Waals surface area contributed by atoms with E-state index in [-0.39, 0.29) is 82.7 Å². The van der Waals surface area contributed by atoms with Crippen molar-refractivity contribution in [3.05, 3.63) is 65.7 Å². The molecule has 8 atom stereocenters. The highest BCUT2D eigenvalue weighted by Gasteiger charge is 2.38. The molecule has 1 aliphatic heterocycles. The summed E-state index contributed by atoms with van der Waals surface area (Å²) in [6.45, 7) is 3.77. The Hall–Kier alpha value is -6.21. The fourth-order valence-electron chi connectivity index (χ4n) is 7.34. The SMILES string of the molecule is CC(C)C[C@@H]1NC(=O)[C@@H](Cc2ccccc2)NC(=O)[C@H](CCN)NC(=O)[C@@H](NC(=O)Cc2ccc(OC(F)(F)F)cc2)CCNC(=O)[C@H]([C@@H](C)O)NC(=O)[C@H](CCN)NC[C@](C=O)(CCN)NC1=O. The summed E-state index contributed by atoms with van der Waals surface area (Å²) in [4.78, 5) is 110. The number of rotatable bonds is 16. The average Bonchev–Trinajstić information content (AvgIpc) is 3.28. The molecule has 0 unspecified atom stereocenters. The zero-order valence-electron chi connectivity index (χ0n) is 38.9. The minimum absolute atomic E-state index is 0.0425. The number of halogens is 3. The van der Waals surface area contributed by atoms with E-state index < -0.39 is 108 Å². The van der Waals surface area contributed by atoms with Gasteiger partial charge < -0.3 is 74.4 Å². The van der Waals surface area contributed by atoms with Gasteiger partial charge in [-0.2, -0.15) is 0 Å². The maximum Gasteiger partial charge on any atom is 0.573 e. The number of amides is 7. The lowest BCUT2D eigenvalue weighted by Gasteiger charge is -2.34. The van der Waals surface area contributed by atoms with Crippen LogP contribution in [0, 0.1) is 5.92 Å². The van der Waals surface area contributed by atoms with Crippen molar-refractivity contribution in [3.63, 3.8) is 0 Å². The maximum atomic E-state index is 14.3. The number of carbonyl (C=O) groups excluding carboxylic acids is 8. The molecule has 1 fully saturated rings. The molecule has 0 aliphatic carbocycles. The lowest BCUT2D eigenvalue weighted by Crippen LogP contribution is -2.64. The lowest BCUT2D eigenvalue weighted by molar-refractivity contribution is -0.274. The molecule has 0 radical (unpaired) electrons. The average molecular weight is 978 g/mol. The zero-order valence-corrected chi connectivity index (χ0v) is 38.9. The normalized spacial score (nSPS) is 24.6. The van der Waals surface area contributed by atoms with Crippen LogP contribution in [0.15, 0.2) is 54.6 Å². The van der Waals surface area contributed by atoms with Crippen LogP contribution in [0.1, 0.15) is 64.0 Å². The first-order valence-corrected chi connectivity index (χ1v) is 22.6. The predicted molar refractivity (Wildman–Crippen MR) is 245 cm³/mol. The largest absolute Gasteiger partial charge is 0.573 e. The molecule has 15 N–H and O–H groups in total. The Labute approximate surface area is 398 Å². The van der Waals surface area contributed by atoms with E-state index in [0.717, 1.165) is 12.1 Å². The second-order valence-electron chi connectivity index (χ2n) is 17.2. The van der Waals surface area contributed by atoms with Gasteiger partial charge in [0, 0.05) is 19.5 Å². The first kappa shape index (κ1) is 57.1. The number of hydrogen-bond donors (Lipinski definition) is 12. The molecule has 382 valence electrons. The van der Waals surface area contributed by atoms with Gasteiger partial charge in [-0.05, 0) is 87.8 Å². The quantitative estimate of drug-likeness (QED) is 0.0795. The van der Waals surface area contributed by atoms with Gasteiger partial charge in [0.15, 0.2) is 0 Å². The Morgan fingerprint density at radius 3 is 1.96 bits per heavy atom. The summed E-state index contributed by atoms with van der Waals surface area (Å²) >= 11 is 0. The Bertz CT molecular complexity index is 2030. The highest BCUT2D eigenvalue weighted by atomic mass is 19.4. The molecule has 2 aromatic rings. The molecule has 0 saturated carbocycles. The van der Waals surface area contributed by atoms with Crippen LogP contribution >= 0.6 is 0 Å². The molecule has 21 nitrogen and oxygen atoms in total. The van der Waals surface area contributed by atoms with Crippen molar-refractivity contribution in [2.45, 2.75) is 120 Å². The van der Waals surface area contributed by atoms with Gasteiger partial charge in [0.2, 0.25) is 41.4 Å². The third-order valence-electron chi connectivity index (χ3n) is 10.9. The highest BCUT2D eigenvalue weighted by Crippen LogP contribution is 2.23. The Kier molecular flexibility index (Phi) is 22.9. The number of aldehydes is 1. The van der Waals surface area contributed by atoms with Gasteiger partial charge >= 0.3 is 6.36 Å². The number of hydrogen-bond acceptors (Lipinski definition) is 14. The first-order chi connectivity index (χ1) is 32.6. The van der Waals surface area contributed by atoms with E-state index in [1.54, 1.807) is 44.2 Å². The zero-order chi connectivity index (χ0) is 51.3. The summed E-state index contributed by atoms with van der Waals surface area (Å²) in [5.74, 6) is -6.66. The summed E-state index contributed by atoms with van der Waals surface area (Å²) in [7, 11) is 0. The highest BCUT2D eigenvalue weighted by molar-refractivity contribution is 5.96. The molecule has 69 heavy (non-hydrogen) atoms. The number of aliphatic hydroxyl groups excluding tert-OH is 1. The van der Waals surface area contributed by atoms with E-state index in [4.69, 9.17) is 17.2 Å². The summed E-state index contributed by atoms with van der Waals surface area (Å²) in [6.07, 6.45) is -7.14. The maximum absolute atomic E-state index is 14.3. The Morgan fingerprint density at radius 1 is 0.783 bits per heavy atom. The van der Waals surface area contributed by atoms with Crippen molar-refractivity contribution in [2.24, 2.45) is 23.1 Å². The van der Waals surface area contributed by atoms with Crippen molar-refractivity contribution in [2.75, 3.05) is 32.7 Å². The van der Waals surface area contributed by atoms with E-state index in [9.17, 15) is 56.6 Å². The fraction of sp³-hybridized carbons (Fsp3) is 0.556.